The van der Waals surface area contributed by atoms with Crippen LogP contribution in [0.2, 0.25) is 0 Å². The van der Waals surface area contributed by atoms with E-state index in [0.717, 1.165) is 31.4 Å². The van der Waals surface area contributed by atoms with Crippen molar-refractivity contribution < 1.29 is 53.1 Å². The van der Waals surface area contributed by atoms with Gasteiger partial charge in [-0.3, -0.25) is 43.2 Å². The van der Waals surface area contributed by atoms with Crippen LogP contribution >= 0.6 is 0 Å². The van der Waals surface area contributed by atoms with Gasteiger partial charge in [-0.1, -0.05) is 77.3 Å². The number of amides is 9. The summed E-state index contributed by atoms with van der Waals surface area (Å²) >= 11 is 0. The van der Waals surface area contributed by atoms with Crippen LogP contribution in [0.5, 0.6) is 0 Å². The molecular weight excluding hydrogens is 782 g/mol. The van der Waals surface area contributed by atoms with Crippen LogP contribution in [0, 0.1) is 17.8 Å². The SMILES string of the molecule is CC(C)[C@H](NC(=O)[C@@H](NC(=O)C(NC(=O)[C@H](CCC(N)=O)NC(=O)/C=C\C(=O)NCC(=O)NCC(=O)N[C@@H](Cc1ccccc1)C(=O)O)C1CCCCC1)C(C)C)C(N)=O. The van der Waals surface area contributed by atoms with E-state index in [0.29, 0.717) is 18.4 Å². The Morgan fingerprint density at radius 3 is 1.82 bits per heavy atom. The number of carbonyl (C=O) groups excluding carboxylic acids is 9. The molecule has 12 N–H and O–H groups in total. The van der Waals surface area contributed by atoms with Crippen molar-refractivity contribution in [3.05, 3.63) is 48.0 Å². The summed E-state index contributed by atoms with van der Waals surface area (Å²) < 4.78 is 0. The fraction of sp³-hybridized carbons (Fsp3) is 0.550. The highest BCUT2D eigenvalue weighted by Gasteiger charge is 2.37. The first-order chi connectivity index (χ1) is 28.3. The predicted octanol–water partition coefficient (Wildman–Crippen LogP) is -1.83. The summed E-state index contributed by atoms with van der Waals surface area (Å²) in [7, 11) is 0. The van der Waals surface area contributed by atoms with E-state index in [4.69, 9.17) is 11.5 Å². The molecule has 0 aliphatic heterocycles. The van der Waals surface area contributed by atoms with Crippen molar-refractivity contribution in [3.63, 3.8) is 0 Å². The number of primary amides is 2. The third-order valence-electron chi connectivity index (χ3n) is 9.70. The molecule has 60 heavy (non-hydrogen) atoms. The number of aliphatic carboxylic acids is 1. The number of carboxylic acids is 1. The van der Waals surface area contributed by atoms with Crippen molar-refractivity contribution in [2.45, 2.75) is 109 Å². The molecule has 5 atom stereocenters. The molecule has 1 aliphatic carbocycles. The largest absolute Gasteiger partial charge is 0.480 e. The second-order valence-electron chi connectivity index (χ2n) is 15.3. The Morgan fingerprint density at radius 1 is 0.667 bits per heavy atom. The molecule has 20 nitrogen and oxygen atoms in total. The molecule has 1 aromatic rings. The number of hydrogen-bond donors (Lipinski definition) is 10. The molecule has 0 bridgehead atoms. The summed E-state index contributed by atoms with van der Waals surface area (Å²) in [6.07, 6.45) is 4.61. The number of carbonyl (C=O) groups is 10. The summed E-state index contributed by atoms with van der Waals surface area (Å²) in [5.41, 5.74) is 11.5. The van der Waals surface area contributed by atoms with Crippen LogP contribution in [0.1, 0.15) is 78.2 Å². The Kier molecular flexibility index (Phi) is 20.9. The van der Waals surface area contributed by atoms with Crippen molar-refractivity contribution in [3.8, 4) is 0 Å². The molecule has 1 aromatic carbocycles. The molecule has 9 amide bonds. The van der Waals surface area contributed by atoms with Gasteiger partial charge in [0.25, 0.3) is 0 Å². The highest BCUT2D eigenvalue weighted by Crippen LogP contribution is 2.27. The molecule has 0 saturated heterocycles. The number of benzene rings is 1. The fourth-order valence-electron chi connectivity index (χ4n) is 6.40. The van der Waals surface area contributed by atoms with Gasteiger partial charge < -0.3 is 53.8 Å². The first-order valence-electron chi connectivity index (χ1n) is 19.9. The van der Waals surface area contributed by atoms with Crippen molar-refractivity contribution in [1.82, 2.24) is 37.2 Å². The molecule has 330 valence electrons. The number of hydrogen-bond acceptors (Lipinski definition) is 10. The van der Waals surface area contributed by atoms with Crippen LogP contribution in [0.3, 0.4) is 0 Å². The lowest BCUT2D eigenvalue weighted by atomic mass is 9.83. The lowest BCUT2D eigenvalue weighted by molar-refractivity contribution is -0.141. The zero-order valence-corrected chi connectivity index (χ0v) is 34.4. The number of rotatable bonds is 24. The van der Waals surface area contributed by atoms with E-state index in [-0.39, 0.29) is 31.1 Å². The first-order valence-corrected chi connectivity index (χ1v) is 19.9. The lowest BCUT2D eigenvalue weighted by Gasteiger charge is -2.33. The Hall–Kier alpha value is -6.34. The standard InChI is InChI=1S/C40H59N9O11/c1-22(2)33(36(42)55)47-38(57)34(23(3)4)48-39(58)35(25-13-9-6-10-14-25)49-37(56)26(15-16-28(41)50)45-30(52)18-17-29(51)43-20-31(53)44-21-32(54)46-27(40(59)60)19-24-11-7-5-8-12-24/h5,7-8,11-12,17-18,22-23,25-27,33-35H,6,9-10,13-16,19-21H2,1-4H3,(H2,41,50)(H2,42,55)(H,43,51)(H,44,53)(H,45,52)(H,46,54)(H,47,57)(H,48,58)(H,49,56)(H,59,60)/b18-17-/t26-,27-,33-,34-,35?/m0/s1. The lowest BCUT2D eigenvalue weighted by Crippen LogP contribution is -2.61. The van der Waals surface area contributed by atoms with Crippen molar-refractivity contribution in [2.24, 2.45) is 29.2 Å². The summed E-state index contributed by atoms with van der Waals surface area (Å²) in [6.45, 7) is 5.61. The number of nitrogens with one attached hydrogen (secondary N) is 7. The number of carboxylic acid groups (broad SMARTS) is 1. The van der Waals surface area contributed by atoms with E-state index in [1.165, 1.54) is 0 Å². The van der Waals surface area contributed by atoms with Gasteiger partial charge in [-0.05, 0) is 42.6 Å². The molecule has 2 rings (SSSR count). The Balaban J connectivity index is 2.04. The molecule has 0 aromatic heterocycles. The molecule has 1 unspecified atom stereocenters. The maximum atomic E-state index is 13.9. The average Bonchev–Trinajstić information content (AvgIpc) is 3.19. The zero-order valence-electron chi connectivity index (χ0n) is 34.4. The zero-order chi connectivity index (χ0) is 44.9. The number of nitrogens with two attached hydrogens (primary N) is 2. The molecule has 1 aliphatic rings. The average molecular weight is 842 g/mol. The molecule has 0 heterocycles. The highest BCUT2D eigenvalue weighted by atomic mass is 16.4. The minimum atomic E-state index is -1.39. The monoisotopic (exact) mass is 841 g/mol. The van der Waals surface area contributed by atoms with E-state index in [1.54, 1.807) is 58.0 Å². The van der Waals surface area contributed by atoms with Crippen LogP contribution in [-0.4, -0.2) is 108 Å². The Labute approximate surface area is 348 Å². The molecule has 0 radical (unpaired) electrons. The third kappa shape index (κ3) is 18.1. The third-order valence-corrected chi connectivity index (χ3v) is 9.70. The van der Waals surface area contributed by atoms with Crippen LogP contribution in [0.4, 0.5) is 0 Å². The Bertz CT molecular complexity index is 1730. The second-order valence-corrected chi connectivity index (χ2v) is 15.3. The van der Waals surface area contributed by atoms with Gasteiger partial charge in [0, 0.05) is 25.0 Å². The van der Waals surface area contributed by atoms with Gasteiger partial charge in [-0.15, -0.1) is 0 Å². The fourth-order valence-corrected chi connectivity index (χ4v) is 6.40. The van der Waals surface area contributed by atoms with Crippen LogP contribution in [0.25, 0.3) is 0 Å². The summed E-state index contributed by atoms with van der Waals surface area (Å²) in [6, 6.07) is 2.73. The second kappa shape index (κ2) is 25.2. The summed E-state index contributed by atoms with van der Waals surface area (Å²) in [5.74, 6) is -9.43. The quantitative estimate of drug-likeness (QED) is 0.0516. The van der Waals surface area contributed by atoms with E-state index in [9.17, 15) is 53.1 Å². The minimum Gasteiger partial charge on any atom is -0.480 e. The van der Waals surface area contributed by atoms with Crippen molar-refractivity contribution in [1.29, 1.82) is 0 Å². The smallest absolute Gasteiger partial charge is 0.326 e. The molecule has 20 heteroatoms. The van der Waals surface area contributed by atoms with E-state index < -0.39 is 108 Å². The normalized spacial score (nSPS) is 15.4. The van der Waals surface area contributed by atoms with Crippen LogP contribution in [-0.2, 0) is 54.4 Å². The maximum Gasteiger partial charge on any atom is 0.326 e. The first kappa shape index (κ1) is 49.8. The molecular formula is C40H59N9O11. The van der Waals surface area contributed by atoms with Gasteiger partial charge >= 0.3 is 5.97 Å². The summed E-state index contributed by atoms with van der Waals surface area (Å²) in [4.78, 5) is 126. The van der Waals surface area contributed by atoms with Gasteiger partial charge in [-0.25, -0.2) is 4.79 Å². The molecule has 1 saturated carbocycles. The van der Waals surface area contributed by atoms with Gasteiger partial charge in [0.05, 0.1) is 13.1 Å². The van der Waals surface area contributed by atoms with E-state index >= 15 is 0 Å². The minimum absolute atomic E-state index is 0.0154. The van der Waals surface area contributed by atoms with Gasteiger partial charge in [0.15, 0.2) is 0 Å². The van der Waals surface area contributed by atoms with E-state index in [1.807, 2.05) is 0 Å². The Morgan fingerprint density at radius 2 is 1.25 bits per heavy atom. The molecule has 0 spiro atoms. The van der Waals surface area contributed by atoms with Crippen molar-refractivity contribution >= 4 is 59.1 Å². The van der Waals surface area contributed by atoms with E-state index in [2.05, 4.69) is 37.2 Å². The topological polar surface area (TPSA) is 327 Å². The van der Waals surface area contributed by atoms with Gasteiger partial charge in [0.2, 0.25) is 53.2 Å². The summed E-state index contributed by atoms with van der Waals surface area (Å²) in [5, 5.41) is 26.6. The molecule has 1 fully saturated rings. The highest BCUT2D eigenvalue weighted by molar-refractivity contribution is 6.00. The maximum absolute atomic E-state index is 13.9. The van der Waals surface area contributed by atoms with Gasteiger partial charge in [0.1, 0.15) is 30.2 Å². The predicted molar refractivity (Wildman–Crippen MR) is 216 cm³/mol. The van der Waals surface area contributed by atoms with Crippen LogP contribution < -0.4 is 48.7 Å². The van der Waals surface area contributed by atoms with Crippen molar-refractivity contribution in [2.75, 3.05) is 13.1 Å². The van der Waals surface area contributed by atoms with Crippen LogP contribution in [0.15, 0.2) is 42.5 Å². The van der Waals surface area contributed by atoms with Gasteiger partial charge in [-0.2, -0.15) is 0 Å².